The summed E-state index contributed by atoms with van der Waals surface area (Å²) in [5.41, 5.74) is 1.34. The molecular formula is C25H28FN5O4. The van der Waals surface area contributed by atoms with Crippen LogP contribution in [0.25, 0.3) is 22.6 Å². The molecule has 0 bridgehead atoms. The van der Waals surface area contributed by atoms with Gasteiger partial charge in [-0.3, -0.25) is 4.79 Å². The van der Waals surface area contributed by atoms with E-state index in [-0.39, 0.29) is 19.0 Å². The van der Waals surface area contributed by atoms with Crippen LogP contribution in [-0.2, 0) is 14.3 Å². The number of halogens is 1. The molecule has 1 saturated carbocycles. The topological polar surface area (TPSA) is 122 Å². The van der Waals surface area contributed by atoms with Gasteiger partial charge in [-0.05, 0) is 50.1 Å². The fourth-order valence-electron chi connectivity index (χ4n) is 4.39. The molecule has 0 amide bonds. The quantitative estimate of drug-likeness (QED) is 0.469. The number of anilines is 1. The number of aromatic amines is 1. The predicted octanol–water partition coefficient (Wildman–Crippen LogP) is 4.55. The van der Waals surface area contributed by atoms with Crippen LogP contribution in [0.15, 0.2) is 36.5 Å². The van der Waals surface area contributed by atoms with E-state index in [0.717, 1.165) is 12.8 Å². The first-order valence-corrected chi connectivity index (χ1v) is 11.8. The van der Waals surface area contributed by atoms with Crippen molar-refractivity contribution in [1.29, 1.82) is 0 Å². The lowest BCUT2D eigenvalue weighted by molar-refractivity contribution is -0.236. The van der Waals surface area contributed by atoms with E-state index in [1.54, 1.807) is 31.3 Å². The van der Waals surface area contributed by atoms with E-state index >= 15 is 0 Å². The van der Waals surface area contributed by atoms with Gasteiger partial charge < -0.3 is 24.9 Å². The lowest BCUT2D eigenvalue weighted by Crippen LogP contribution is -2.42. The zero-order chi connectivity index (χ0) is 24.4. The number of aliphatic carboxylic acids is 1. The minimum atomic E-state index is -1.13. The van der Waals surface area contributed by atoms with Crippen LogP contribution in [0.2, 0.25) is 0 Å². The third kappa shape index (κ3) is 5.03. The van der Waals surface area contributed by atoms with Crippen molar-refractivity contribution in [2.45, 2.75) is 51.4 Å². The molecule has 0 atom stereocenters. The highest BCUT2D eigenvalue weighted by Gasteiger charge is 2.41. The fourth-order valence-corrected chi connectivity index (χ4v) is 4.39. The van der Waals surface area contributed by atoms with Crippen molar-refractivity contribution < 1.29 is 23.8 Å². The molecule has 35 heavy (non-hydrogen) atoms. The van der Waals surface area contributed by atoms with Gasteiger partial charge in [-0.2, -0.15) is 0 Å². The number of hydrogen-bond acceptors (Lipinski definition) is 7. The molecule has 1 aliphatic heterocycles. The van der Waals surface area contributed by atoms with Crippen LogP contribution in [-0.4, -0.2) is 50.3 Å². The summed E-state index contributed by atoms with van der Waals surface area (Å²) in [5, 5.41) is 12.9. The molecule has 0 spiro atoms. The Kier molecular flexibility index (Phi) is 6.48. The Morgan fingerprint density at radius 1 is 1.11 bits per heavy atom. The van der Waals surface area contributed by atoms with Crippen molar-refractivity contribution in [2.24, 2.45) is 5.41 Å². The number of nitrogens with zero attached hydrogens (tertiary/aromatic N) is 3. The molecule has 2 aromatic heterocycles. The van der Waals surface area contributed by atoms with Gasteiger partial charge in [-0.1, -0.05) is 19.3 Å². The van der Waals surface area contributed by atoms with Gasteiger partial charge in [-0.25, -0.2) is 19.3 Å². The van der Waals surface area contributed by atoms with Crippen LogP contribution >= 0.6 is 0 Å². The van der Waals surface area contributed by atoms with Crippen molar-refractivity contribution in [3.63, 3.8) is 0 Å². The second-order valence-corrected chi connectivity index (χ2v) is 9.42. The Hall–Kier alpha value is -3.37. The molecule has 1 aliphatic carbocycles. The van der Waals surface area contributed by atoms with Crippen molar-refractivity contribution in [2.75, 3.05) is 18.5 Å². The molecule has 1 aromatic carbocycles. The molecule has 3 N–H and O–H groups in total. The maximum Gasteiger partial charge on any atom is 0.314 e. The summed E-state index contributed by atoms with van der Waals surface area (Å²) in [7, 11) is 0. The van der Waals surface area contributed by atoms with Gasteiger partial charge >= 0.3 is 5.97 Å². The molecular weight excluding hydrogens is 453 g/mol. The number of benzene rings is 1. The average Bonchev–Trinajstić information content (AvgIpc) is 3.31. The summed E-state index contributed by atoms with van der Waals surface area (Å²) < 4.78 is 25.0. The van der Waals surface area contributed by atoms with Gasteiger partial charge in [0.15, 0.2) is 5.82 Å². The minimum Gasteiger partial charge on any atom is -0.481 e. The van der Waals surface area contributed by atoms with Crippen LogP contribution < -0.4 is 5.32 Å². The van der Waals surface area contributed by atoms with E-state index in [2.05, 4.69) is 15.3 Å². The van der Waals surface area contributed by atoms with Gasteiger partial charge in [0, 0.05) is 17.8 Å². The molecule has 2 aliphatic rings. The summed E-state index contributed by atoms with van der Waals surface area (Å²) in [5.74, 6) is -0.411. The third-order valence-corrected chi connectivity index (χ3v) is 6.54. The number of carbonyl (C=O) groups is 1. The highest BCUT2D eigenvalue weighted by Crippen LogP contribution is 2.35. The normalized spacial score (nSPS) is 23.2. The summed E-state index contributed by atoms with van der Waals surface area (Å²) in [4.78, 5) is 28.6. The standard InChI is InChI=1S/C25H28FN5O4/c1-25(23(32)33)13-34-22(35-14-25)21-30-19(15-7-9-16(26)10-8-15)20(31-21)18-11-12-27-24(29-18)28-17-5-3-2-4-6-17/h7-12,17,22H,2-6,13-14H2,1H3,(H,30,31)(H,32,33)(H,27,28,29). The molecule has 9 nitrogen and oxygen atoms in total. The van der Waals surface area contributed by atoms with E-state index in [0.29, 0.717) is 40.5 Å². The zero-order valence-electron chi connectivity index (χ0n) is 19.5. The molecule has 2 fully saturated rings. The Labute approximate surface area is 202 Å². The highest BCUT2D eigenvalue weighted by atomic mass is 19.1. The number of nitrogens with one attached hydrogen (secondary N) is 2. The van der Waals surface area contributed by atoms with Crippen molar-refractivity contribution in [3.05, 3.63) is 48.2 Å². The molecule has 10 heteroatoms. The maximum absolute atomic E-state index is 13.6. The molecule has 184 valence electrons. The second kappa shape index (κ2) is 9.71. The second-order valence-electron chi connectivity index (χ2n) is 9.42. The number of aromatic nitrogens is 4. The first-order chi connectivity index (χ1) is 16.9. The minimum absolute atomic E-state index is 0.0160. The van der Waals surface area contributed by atoms with Crippen LogP contribution in [0.4, 0.5) is 10.3 Å². The SMILES string of the molecule is CC1(C(=O)O)COC(c2nc(-c3ccc(F)cc3)c(-c3ccnc(NC4CCCCC4)n3)[nH]2)OC1. The number of hydrogen-bond donors (Lipinski definition) is 3. The van der Waals surface area contributed by atoms with Crippen LogP contribution in [0.5, 0.6) is 0 Å². The van der Waals surface area contributed by atoms with E-state index in [9.17, 15) is 14.3 Å². The van der Waals surface area contributed by atoms with Crippen LogP contribution in [0.1, 0.15) is 51.1 Å². The Morgan fingerprint density at radius 3 is 2.51 bits per heavy atom. The van der Waals surface area contributed by atoms with Crippen LogP contribution in [0, 0.1) is 11.2 Å². The lowest BCUT2D eigenvalue weighted by Gasteiger charge is -2.33. The molecule has 5 rings (SSSR count). The van der Waals surface area contributed by atoms with Crippen LogP contribution in [0.3, 0.4) is 0 Å². The summed E-state index contributed by atoms with van der Waals surface area (Å²) >= 11 is 0. The Morgan fingerprint density at radius 2 is 1.83 bits per heavy atom. The predicted molar refractivity (Wildman–Crippen MR) is 126 cm³/mol. The highest BCUT2D eigenvalue weighted by molar-refractivity contribution is 5.77. The average molecular weight is 482 g/mol. The summed E-state index contributed by atoms with van der Waals surface area (Å²) in [6.45, 7) is 1.54. The number of H-pyrrole nitrogens is 1. The summed E-state index contributed by atoms with van der Waals surface area (Å²) in [6, 6.07) is 8.15. The van der Waals surface area contributed by atoms with E-state index in [1.807, 2.05) is 0 Å². The van der Waals surface area contributed by atoms with E-state index in [1.165, 1.54) is 31.4 Å². The van der Waals surface area contributed by atoms with Crippen molar-refractivity contribution in [1.82, 2.24) is 19.9 Å². The number of ether oxygens (including phenoxy) is 2. The molecule has 0 unspecified atom stereocenters. The van der Waals surface area contributed by atoms with Crippen molar-refractivity contribution >= 4 is 11.9 Å². The Bertz CT molecular complexity index is 1180. The lowest BCUT2D eigenvalue weighted by atomic mass is 9.92. The van der Waals surface area contributed by atoms with Gasteiger partial charge in [0.05, 0.1) is 30.3 Å². The van der Waals surface area contributed by atoms with Gasteiger partial charge in [0.25, 0.3) is 0 Å². The van der Waals surface area contributed by atoms with Gasteiger partial charge in [0.2, 0.25) is 12.2 Å². The first kappa shape index (κ1) is 23.4. The zero-order valence-corrected chi connectivity index (χ0v) is 19.5. The molecule has 3 heterocycles. The fraction of sp³-hybridized carbons (Fsp3) is 0.440. The van der Waals surface area contributed by atoms with Gasteiger partial charge in [0.1, 0.15) is 11.2 Å². The van der Waals surface area contributed by atoms with E-state index < -0.39 is 17.7 Å². The first-order valence-electron chi connectivity index (χ1n) is 11.8. The summed E-state index contributed by atoms with van der Waals surface area (Å²) in [6.07, 6.45) is 6.65. The smallest absolute Gasteiger partial charge is 0.314 e. The monoisotopic (exact) mass is 481 g/mol. The molecule has 1 saturated heterocycles. The number of rotatable bonds is 6. The maximum atomic E-state index is 13.6. The number of imidazole rings is 1. The van der Waals surface area contributed by atoms with Gasteiger partial charge in [-0.15, -0.1) is 0 Å². The van der Waals surface area contributed by atoms with E-state index in [4.69, 9.17) is 19.4 Å². The van der Waals surface area contributed by atoms with Crippen molar-refractivity contribution in [3.8, 4) is 22.6 Å². The number of carboxylic acid groups (broad SMARTS) is 1. The number of carboxylic acids is 1. The molecule has 3 aromatic rings. The largest absolute Gasteiger partial charge is 0.481 e. The third-order valence-electron chi connectivity index (χ3n) is 6.54. The Balaban J connectivity index is 1.47. The molecule has 0 radical (unpaired) electrons.